The van der Waals surface area contributed by atoms with E-state index >= 15 is 0 Å². The summed E-state index contributed by atoms with van der Waals surface area (Å²) in [5.41, 5.74) is 0.450. The molecule has 100 valence electrons. The number of nitrogens with two attached hydrogens (primary N) is 1. The molecule has 0 bridgehead atoms. The minimum atomic E-state index is -3.73. The lowest BCUT2D eigenvalue weighted by Gasteiger charge is -2.04. The van der Waals surface area contributed by atoms with E-state index in [9.17, 15) is 13.2 Å². The number of hydrogen-bond donors (Lipinski definition) is 2. The molecule has 0 radical (unpaired) electrons. The molecule has 6 nitrogen and oxygen atoms in total. The van der Waals surface area contributed by atoms with E-state index in [2.05, 4.69) is 5.32 Å². The van der Waals surface area contributed by atoms with E-state index in [4.69, 9.17) is 9.56 Å². The number of anilines is 1. The van der Waals surface area contributed by atoms with Gasteiger partial charge in [0, 0.05) is 5.69 Å². The molecule has 0 unspecified atom stereocenters. The fourth-order valence-corrected chi connectivity index (χ4v) is 1.99. The number of furan rings is 1. The van der Waals surface area contributed by atoms with Crippen LogP contribution in [0.3, 0.4) is 0 Å². The van der Waals surface area contributed by atoms with Crippen LogP contribution < -0.4 is 10.5 Å². The van der Waals surface area contributed by atoms with Crippen LogP contribution in [0.15, 0.2) is 45.7 Å². The Hall–Kier alpha value is -2.12. The van der Waals surface area contributed by atoms with Crippen LogP contribution in [0.2, 0.25) is 0 Å². The van der Waals surface area contributed by atoms with E-state index in [1.165, 1.54) is 24.3 Å². The van der Waals surface area contributed by atoms with E-state index in [1.54, 1.807) is 19.1 Å². The zero-order valence-electron chi connectivity index (χ0n) is 10.1. The molecular weight excluding hydrogens is 268 g/mol. The molecule has 19 heavy (non-hydrogen) atoms. The summed E-state index contributed by atoms with van der Waals surface area (Å²) in [5, 5.41) is 7.55. The highest BCUT2D eigenvalue weighted by atomic mass is 32.2. The Labute approximate surface area is 110 Å². The number of carbonyl (C=O) groups is 1. The number of primary sulfonamides is 1. The molecule has 1 aromatic heterocycles. The number of sulfonamides is 1. The van der Waals surface area contributed by atoms with E-state index < -0.39 is 15.9 Å². The summed E-state index contributed by atoms with van der Waals surface area (Å²) < 4.78 is 27.3. The molecule has 1 amide bonds. The van der Waals surface area contributed by atoms with Gasteiger partial charge in [-0.25, -0.2) is 13.6 Å². The smallest absolute Gasteiger partial charge is 0.291 e. The predicted molar refractivity (Wildman–Crippen MR) is 69.2 cm³/mol. The van der Waals surface area contributed by atoms with Gasteiger partial charge in [0.05, 0.1) is 4.90 Å². The van der Waals surface area contributed by atoms with Gasteiger partial charge < -0.3 is 9.73 Å². The van der Waals surface area contributed by atoms with Crippen molar-refractivity contribution in [1.29, 1.82) is 0 Å². The number of amides is 1. The highest BCUT2D eigenvalue weighted by molar-refractivity contribution is 7.89. The van der Waals surface area contributed by atoms with Gasteiger partial charge in [-0.05, 0) is 43.3 Å². The first-order chi connectivity index (χ1) is 8.86. The third-order valence-electron chi connectivity index (χ3n) is 2.40. The molecule has 0 spiro atoms. The van der Waals surface area contributed by atoms with Crippen molar-refractivity contribution in [3.05, 3.63) is 47.9 Å². The Bertz CT molecular complexity index is 702. The Morgan fingerprint density at radius 2 is 1.79 bits per heavy atom. The van der Waals surface area contributed by atoms with Gasteiger partial charge in [-0.1, -0.05) is 0 Å². The van der Waals surface area contributed by atoms with E-state index in [1.807, 2.05) is 0 Å². The highest BCUT2D eigenvalue weighted by Crippen LogP contribution is 2.14. The maximum atomic E-state index is 11.8. The number of aryl methyl sites for hydroxylation is 1. The van der Waals surface area contributed by atoms with Gasteiger partial charge in [-0.2, -0.15) is 0 Å². The lowest BCUT2D eigenvalue weighted by molar-refractivity contribution is 0.0995. The van der Waals surface area contributed by atoms with Gasteiger partial charge in [0.2, 0.25) is 10.0 Å². The summed E-state index contributed by atoms with van der Waals surface area (Å²) in [4.78, 5) is 11.7. The van der Waals surface area contributed by atoms with Crippen molar-refractivity contribution in [3.8, 4) is 0 Å². The van der Waals surface area contributed by atoms with Crippen molar-refractivity contribution in [2.45, 2.75) is 11.8 Å². The standard InChI is InChI=1S/C12H12N2O4S/c1-8-2-7-11(18-8)12(15)14-9-3-5-10(6-4-9)19(13,16)17/h2-7H,1H3,(H,14,15)(H2,13,16,17). The van der Waals surface area contributed by atoms with Crippen LogP contribution >= 0.6 is 0 Å². The summed E-state index contributed by atoms with van der Waals surface area (Å²) >= 11 is 0. The molecular formula is C12H12N2O4S. The highest BCUT2D eigenvalue weighted by Gasteiger charge is 2.11. The third kappa shape index (κ3) is 3.21. The summed E-state index contributed by atoms with van der Waals surface area (Å²) in [6, 6.07) is 8.78. The fourth-order valence-electron chi connectivity index (χ4n) is 1.48. The Balaban J connectivity index is 2.14. The Kier molecular flexibility index (Phi) is 3.41. The molecule has 0 aliphatic carbocycles. The van der Waals surface area contributed by atoms with Crippen molar-refractivity contribution >= 4 is 21.6 Å². The fraction of sp³-hybridized carbons (Fsp3) is 0.0833. The Morgan fingerprint density at radius 1 is 1.16 bits per heavy atom. The molecule has 0 aliphatic rings. The zero-order chi connectivity index (χ0) is 14.0. The van der Waals surface area contributed by atoms with Crippen molar-refractivity contribution in [1.82, 2.24) is 0 Å². The second kappa shape index (κ2) is 4.87. The molecule has 3 N–H and O–H groups in total. The van der Waals surface area contributed by atoms with Gasteiger partial charge >= 0.3 is 0 Å². The minimum Gasteiger partial charge on any atom is -0.456 e. The zero-order valence-corrected chi connectivity index (χ0v) is 10.9. The van der Waals surface area contributed by atoms with Gasteiger partial charge in [0.15, 0.2) is 5.76 Å². The number of carbonyl (C=O) groups excluding carboxylic acids is 1. The molecule has 0 saturated carbocycles. The van der Waals surface area contributed by atoms with Crippen LogP contribution in [0.1, 0.15) is 16.3 Å². The van der Waals surface area contributed by atoms with Crippen molar-refractivity contribution in [3.63, 3.8) is 0 Å². The Morgan fingerprint density at radius 3 is 2.26 bits per heavy atom. The van der Waals surface area contributed by atoms with Crippen LogP contribution in [0.4, 0.5) is 5.69 Å². The summed E-state index contributed by atoms with van der Waals surface area (Å²) in [7, 11) is -3.73. The van der Waals surface area contributed by atoms with Crippen LogP contribution in [-0.2, 0) is 10.0 Å². The SMILES string of the molecule is Cc1ccc(C(=O)Nc2ccc(S(N)(=O)=O)cc2)o1. The average molecular weight is 280 g/mol. The number of benzene rings is 1. The predicted octanol–water partition coefficient (Wildman–Crippen LogP) is 1.49. The molecule has 0 aliphatic heterocycles. The van der Waals surface area contributed by atoms with Crippen LogP contribution in [-0.4, -0.2) is 14.3 Å². The first-order valence-corrected chi connectivity index (χ1v) is 6.91. The van der Waals surface area contributed by atoms with Gasteiger partial charge in [-0.15, -0.1) is 0 Å². The largest absolute Gasteiger partial charge is 0.456 e. The van der Waals surface area contributed by atoms with Crippen LogP contribution in [0.25, 0.3) is 0 Å². The topological polar surface area (TPSA) is 102 Å². The van der Waals surface area contributed by atoms with Crippen molar-refractivity contribution < 1.29 is 17.6 Å². The molecule has 0 fully saturated rings. The molecule has 2 aromatic rings. The summed E-state index contributed by atoms with van der Waals surface area (Å²) in [6.45, 7) is 1.73. The van der Waals surface area contributed by atoms with Crippen molar-refractivity contribution in [2.75, 3.05) is 5.32 Å². The number of nitrogens with one attached hydrogen (secondary N) is 1. The maximum Gasteiger partial charge on any atom is 0.291 e. The van der Waals surface area contributed by atoms with Gasteiger partial charge in [0.1, 0.15) is 5.76 Å². The van der Waals surface area contributed by atoms with Crippen molar-refractivity contribution in [2.24, 2.45) is 5.14 Å². The minimum absolute atomic E-state index is 0.0145. The third-order valence-corrected chi connectivity index (χ3v) is 3.33. The van der Waals surface area contributed by atoms with Gasteiger partial charge in [0.25, 0.3) is 5.91 Å². The van der Waals surface area contributed by atoms with Gasteiger partial charge in [-0.3, -0.25) is 4.79 Å². The number of hydrogen-bond acceptors (Lipinski definition) is 4. The first kappa shape index (κ1) is 13.3. The molecule has 2 rings (SSSR count). The normalized spacial score (nSPS) is 11.3. The lowest BCUT2D eigenvalue weighted by Crippen LogP contribution is -2.13. The second-order valence-corrected chi connectivity index (χ2v) is 5.50. The average Bonchev–Trinajstić information content (AvgIpc) is 2.75. The molecule has 1 heterocycles. The van der Waals surface area contributed by atoms with E-state index in [-0.39, 0.29) is 10.7 Å². The monoisotopic (exact) mass is 280 g/mol. The summed E-state index contributed by atoms with van der Waals surface area (Å²) in [5.74, 6) is 0.416. The molecule has 1 aromatic carbocycles. The lowest BCUT2D eigenvalue weighted by atomic mass is 10.3. The van der Waals surface area contributed by atoms with E-state index in [0.717, 1.165) is 0 Å². The summed E-state index contributed by atoms with van der Waals surface area (Å²) in [6.07, 6.45) is 0. The van der Waals surface area contributed by atoms with E-state index in [0.29, 0.717) is 11.4 Å². The molecule has 0 saturated heterocycles. The molecule has 0 atom stereocenters. The first-order valence-electron chi connectivity index (χ1n) is 5.37. The second-order valence-electron chi connectivity index (χ2n) is 3.93. The number of rotatable bonds is 3. The quantitative estimate of drug-likeness (QED) is 0.889. The van der Waals surface area contributed by atoms with Crippen LogP contribution in [0.5, 0.6) is 0 Å². The molecule has 7 heteroatoms. The van der Waals surface area contributed by atoms with Crippen LogP contribution in [0, 0.1) is 6.92 Å². The maximum absolute atomic E-state index is 11.8.